The van der Waals surface area contributed by atoms with Crippen LogP contribution in [-0.4, -0.2) is 9.97 Å². The Morgan fingerprint density at radius 2 is 1.94 bits per heavy atom. The van der Waals surface area contributed by atoms with Gasteiger partial charge >= 0.3 is 0 Å². The van der Waals surface area contributed by atoms with E-state index in [0.717, 1.165) is 17.7 Å². The van der Waals surface area contributed by atoms with Crippen LogP contribution in [0.1, 0.15) is 22.9 Å². The van der Waals surface area contributed by atoms with Gasteiger partial charge in [-0.2, -0.15) is 0 Å². The fourth-order valence-corrected chi connectivity index (χ4v) is 2.54. The molecule has 1 aliphatic heterocycles. The second kappa shape index (κ2) is 4.84. The molecule has 1 aliphatic rings. The van der Waals surface area contributed by atoms with Gasteiger partial charge in [-0.15, -0.1) is 0 Å². The molecular weight excluding hydrogens is 271 g/mol. The molecule has 0 amide bonds. The summed E-state index contributed by atoms with van der Waals surface area (Å²) in [6, 6.07) is 10.1. The Labute approximate surface area is 115 Å². The first-order valence-corrected chi connectivity index (χ1v) is 6.37. The lowest BCUT2D eigenvalue weighted by atomic mass is 10.0. The van der Waals surface area contributed by atoms with Gasteiger partial charge in [-0.05, 0) is 17.2 Å². The number of aromatic nitrogens is 2. The quantitative estimate of drug-likeness (QED) is 0.623. The first kappa shape index (κ1) is 11.9. The third-order valence-corrected chi connectivity index (χ3v) is 3.44. The zero-order chi connectivity index (χ0) is 12.5. The van der Waals surface area contributed by atoms with Crippen molar-refractivity contribution in [3.8, 4) is 0 Å². The van der Waals surface area contributed by atoms with E-state index < -0.39 is 0 Å². The number of fused-ring (bicyclic) bond motifs is 1. The summed E-state index contributed by atoms with van der Waals surface area (Å²) in [5.74, 6) is 0. The Morgan fingerprint density at radius 3 is 2.72 bits per heavy atom. The second-order valence-electron chi connectivity index (χ2n) is 4.14. The van der Waals surface area contributed by atoms with Crippen molar-refractivity contribution in [2.24, 2.45) is 0 Å². The van der Waals surface area contributed by atoms with Crippen LogP contribution < -0.4 is 0 Å². The molecule has 2 heterocycles. The Balaban J connectivity index is 1.91. The van der Waals surface area contributed by atoms with Crippen molar-refractivity contribution in [3.63, 3.8) is 0 Å². The van der Waals surface area contributed by atoms with Crippen LogP contribution in [-0.2, 0) is 17.8 Å². The van der Waals surface area contributed by atoms with E-state index in [2.05, 4.69) is 22.1 Å². The maximum absolute atomic E-state index is 6.03. The first-order valence-electron chi connectivity index (χ1n) is 5.61. The maximum atomic E-state index is 6.03. The smallest absolute Gasteiger partial charge is 0.224 e. The van der Waals surface area contributed by atoms with Gasteiger partial charge in [0.25, 0.3) is 0 Å². The van der Waals surface area contributed by atoms with Crippen molar-refractivity contribution in [1.82, 2.24) is 9.97 Å². The van der Waals surface area contributed by atoms with Gasteiger partial charge in [0.05, 0.1) is 12.3 Å². The number of hydrogen-bond donors (Lipinski definition) is 0. The van der Waals surface area contributed by atoms with Gasteiger partial charge in [0.1, 0.15) is 11.3 Å². The lowest BCUT2D eigenvalue weighted by molar-refractivity contribution is 0.0648. The molecule has 0 aliphatic carbocycles. The van der Waals surface area contributed by atoms with Gasteiger partial charge in [-0.25, -0.2) is 9.97 Å². The Hall–Kier alpha value is -1.16. The average Bonchev–Trinajstić information content (AvgIpc) is 2.74. The lowest BCUT2D eigenvalue weighted by Crippen LogP contribution is -2.03. The molecule has 0 bridgehead atoms. The second-order valence-corrected chi connectivity index (χ2v) is 4.83. The van der Waals surface area contributed by atoms with Crippen LogP contribution in [0.25, 0.3) is 0 Å². The summed E-state index contributed by atoms with van der Waals surface area (Å²) in [7, 11) is 0. The minimum atomic E-state index is -0.0969. The van der Waals surface area contributed by atoms with E-state index in [0.29, 0.717) is 11.8 Å². The molecule has 18 heavy (non-hydrogen) atoms. The number of halogens is 2. The Bertz CT molecular complexity index is 575. The first-order chi connectivity index (χ1) is 8.74. The molecule has 1 aromatic carbocycles. The highest BCUT2D eigenvalue weighted by Gasteiger charge is 2.28. The number of nitrogens with zero attached hydrogens (tertiary/aromatic N) is 2. The van der Waals surface area contributed by atoms with Crippen molar-refractivity contribution in [1.29, 1.82) is 0 Å². The fraction of sp³-hybridized carbons (Fsp3) is 0.231. The molecule has 92 valence electrons. The molecule has 0 N–H and O–H groups in total. The van der Waals surface area contributed by atoms with Crippen LogP contribution in [0.3, 0.4) is 0 Å². The van der Waals surface area contributed by atoms with Gasteiger partial charge in [0, 0.05) is 12.0 Å². The fourth-order valence-electron chi connectivity index (χ4n) is 2.09. The lowest BCUT2D eigenvalue weighted by Gasteiger charge is -2.10. The summed E-state index contributed by atoms with van der Waals surface area (Å²) in [4.78, 5) is 8.16. The molecule has 1 atom stereocenters. The van der Waals surface area contributed by atoms with Crippen LogP contribution in [0.5, 0.6) is 0 Å². The van der Waals surface area contributed by atoms with E-state index in [1.165, 1.54) is 5.56 Å². The highest BCUT2D eigenvalue weighted by Crippen LogP contribution is 2.35. The van der Waals surface area contributed by atoms with Gasteiger partial charge < -0.3 is 4.74 Å². The maximum Gasteiger partial charge on any atom is 0.224 e. The predicted octanol–water partition coefficient (Wildman–Crippen LogP) is 3.60. The molecule has 2 aromatic rings. The molecule has 3 rings (SSSR count). The monoisotopic (exact) mass is 280 g/mol. The van der Waals surface area contributed by atoms with E-state index in [9.17, 15) is 0 Å². The Morgan fingerprint density at radius 1 is 1.17 bits per heavy atom. The molecule has 0 radical (unpaired) electrons. The molecule has 0 fully saturated rings. The van der Waals surface area contributed by atoms with Gasteiger partial charge in [0.15, 0.2) is 0 Å². The van der Waals surface area contributed by atoms with E-state index in [-0.39, 0.29) is 11.4 Å². The summed E-state index contributed by atoms with van der Waals surface area (Å²) in [6.45, 7) is 0.447. The van der Waals surface area contributed by atoms with E-state index in [1.54, 1.807) is 0 Å². The number of ether oxygens (including phenoxy) is 1. The van der Waals surface area contributed by atoms with E-state index >= 15 is 0 Å². The Kier molecular flexibility index (Phi) is 3.20. The normalized spacial score (nSPS) is 17.8. The summed E-state index contributed by atoms with van der Waals surface area (Å²) in [5.41, 5.74) is 2.85. The minimum absolute atomic E-state index is 0.0969. The van der Waals surface area contributed by atoms with Crippen LogP contribution in [0.4, 0.5) is 0 Å². The minimum Gasteiger partial charge on any atom is -0.367 e. The SMILES string of the molecule is Clc1nc(Cl)c2c(n1)[C@@H](Cc1ccccc1)OC2. The van der Waals surface area contributed by atoms with Crippen molar-refractivity contribution < 1.29 is 4.74 Å². The highest BCUT2D eigenvalue weighted by molar-refractivity contribution is 6.32. The van der Waals surface area contributed by atoms with Crippen molar-refractivity contribution >= 4 is 23.2 Å². The van der Waals surface area contributed by atoms with Gasteiger partial charge in [-0.3, -0.25) is 0 Å². The molecule has 0 saturated carbocycles. The summed E-state index contributed by atoms with van der Waals surface area (Å²) >= 11 is 11.9. The zero-order valence-corrected chi connectivity index (χ0v) is 10.9. The summed E-state index contributed by atoms with van der Waals surface area (Å²) < 4.78 is 5.72. The van der Waals surface area contributed by atoms with Crippen LogP contribution in [0, 0.1) is 0 Å². The predicted molar refractivity (Wildman–Crippen MR) is 69.7 cm³/mol. The van der Waals surface area contributed by atoms with Gasteiger partial charge in [0.2, 0.25) is 5.28 Å². The summed E-state index contributed by atoms with van der Waals surface area (Å²) in [5, 5.41) is 0.558. The van der Waals surface area contributed by atoms with Crippen LogP contribution in [0.2, 0.25) is 10.4 Å². The molecule has 0 spiro atoms. The largest absolute Gasteiger partial charge is 0.367 e. The zero-order valence-electron chi connectivity index (χ0n) is 9.44. The van der Waals surface area contributed by atoms with Crippen molar-refractivity contribution in [2.45, 2.75) is 19.1 Å². The van der Waals surface area contributed by atoms with Crippen LogP contribution >= 0.6 is 23.2 Å². The summed E-state index contributed by atoms with van der Waals surface area (Å²) in [6.07, 6.45) is 0.665. The molecular formula is C13H10Cl2N2O. The molecule has 0 unspecified atom stereocenters. The van der Waals surface area contributed by atoms with E-state index in [1.807, 2.05) is 18.2 Å². The molecule has 0 saturated heterocycles. The highest BCUT2D eigenvalue weighted by atomic mass is 35.5. The number of hydrogen-bond acceptors (Lipinski definition) is 3. The van der Waals surface area contributed by atoms with Crippen LogP contribution in [0.15, 0.2) is 30.3 Å². The average molecular weight is 281 g/mol. The number of rotatable bonds is 2. The standard InChI is InChI=1S/C13H10Cl2N2O/c14-12-9-7-18-10(11(9)16-13(15)17-12)6-8-4-2-1-3-5-8/h1-5,10H,6-7H2/t10-/m1/s1. The third kappa shape index (κ3) is 2.21. The van der Waals surface area contributed by atoms with Crippen molar-refractivity contribution in [2.75, 3.05) is 0 Å². The topological polar surface area (TPSA) is 35.0 Å². The number of benzene rings is 1. The molecule has 3 nitrogen and oxygen atoms in total. The molecule has 1 aromatic heterocycles. The van der Waals surface area contributed by atoms with Gasteiger partial charge in [-0.1, -0.05) is 41.9 Å². The van der Waals surface area contributed by atoms with Crippen molar-refractivity contribution in [3.05, 3.63) is 57.6 Å². The molecule has 5 heteroatoms. The third-order valence-electron chi connectivity index (χ3n) is 2.96. The van der Waals surface area contributed by atoms with E-state index in [4.69, 9.17) is 27.9 Å².